The molecular weight excluding hydrogens is 1060 g/mol. The van der Waals surface area contributed by atoms with Gasteiger partial charge in [-0.3, -0.25) is 43.6 Å². The number of H-pyrrole nitrogens is 1. The second kappa shape index (κ2) is 32.1. The van der Waals surface area contributed by atoms with Crippen molar-refractivity contribution in [2.24, 2.45) is 35.1 Å². The average molecular weight is 1140 g/mol. The minimum absolute atomic E-state index is 0.00398. The Balaban J connectivity index is 0.989. The predicted molar refractivity (Wildman–Crippen MR) is 306 cm³/mol. The number of unbranched alkanes of at least 4 members (excludes halogenated alkanes) is 2. The summed E-state index contributed by atoms with van der Waals surface area (Å²) < 4.78 is 12.9. The average Bonchev–Trinajstić information content (AvgIpc) is 3.94. The van der Waals surface area contributed by atoms with Crippen molar-refractivity contribution in [2.75, 3.05) is 63.1 Å². The van der Waals surface area contributed by atoms with Crippen molar-refractivity contribution < 1.29 is 47.9 Å². The number of fused-ring (bicyclic) bond motifs is 1. The van der Waals surface area contributed by atoms with Gasteiger partial charge in [0.15, 0.2) is 11.5 Å². The molecule has 13 N–H and O–H groups in total. The first kappa shape index (κ1) is 63.5. The fourth-order valence-corrected chi connectivity index (χ4v) is 10.2. The van der Waals surface area contributed by atoms with E-state index < -0.39 is 53.7 Å². The first-order valence-electron chi connectivity index (χ1n) is 28.4. The van der Waals surface area contributed by atoms with Crippen molar-refractivity contribution in [3.8, 4) is 6.01 Å². The Labute approximate surface area is 477 Å². The highest BCUT2D eigenvalue weighted by Gasteiger charge is 2.33. The molecule has 2 saturated heterocycles. The second-order valence-electron chi connectivity index (χ2n) is 21.4. The third kappa shape index (κ3) is 19.8. The molecule has 3 atom stereocenters. The molecule has 2 aromatic carbocycles. The van der Waals surface area contributed by atoms with Crippen LogP contribution in [0.4, 0.5) is 21.1 Å². The van der Waals surface area contributed by atoms with Crippen LogP contribution in [0.25, 0.3) is 11.2 Å². The van der Waals surface area contributed by atoms with E-state index in [9.17, 15) is 38.4 Å². The lowest BCUT2D eigenvalue weighted by atomic mass is 9.78. The maximum atomic E-state index is 13.6. The van der Waals surface area contributed by atoms with E-state index in [2.05, 4.69) is 68.7 Å². The fraction of sp³-hybridized carbons (Fsp3) is 0.571. The Morgan fingerprint density at radius 3 is 2.05 bits per heavy atom. The molecule has 0 radical (unpaired) electrons. The van der Waals surface area contributed by atoms with E-state index in [1.807, 2.05) is 24.0 Å². The number of anilines is 2. The molecule has 82 heavy (non-hydrogen) atoms. The van der Waals surface area contributed by atoms with Crippen molar-refractivity contribution in [2.45, 2.75) is 136 Å². The molecule has 448 valence electrons. The Bertz CT molecular complexity index is 2810. The van der Waals surface area contributed by atoms with Crippen LogP contribution < -0.4 is 59.7 Å². The number of hydrogen-bond acceptors (Lipinski definition) is 16. The monoisotopic (exact) mass is 1140 g/mol. The van der Waals surface area contributed by atoms with Crippen molar-refractivity contribution in [1.29, 1.82) is 0 Å². The van der Waals surface area contributed by atoms with Crippen LogP contribution in [0.1, 0.15) is 115 Å². The summed E-state index contributed by atoms with van der Waals surface area (Å²) in [6.07, 6.45) is 7.36. The molecule has 0 saturated carbocycles. The van der Waals surface area contributed by atoms with Crippen molar-refractivity contribution in [1.82, 2.24) is 50.6 Å². The third-order valence-corrected chi connectivity index (χ3v) is 14.8. The number of hydrogen-bond donors (Lipinski definition) is 10. The van der Waals surface area contributed by atoms with E-state index >= 15 is 0 Å². The minimum Gasteiger partial charge on any atom is -0.463 e. The summed E-state index contributed by atoms with van der Waals surface area (Å²) in [7, 11) is 0. The van der Waals surface area contributed by atoms with Gasteiger partial charge in [0.05, 0.1) is 19.2 Å². The molecular formula is C56H83N15O11. The number of amides is 8. The SMILES string of the molecule is CCCCOc1nc(NC(=O)OCc2ccc(NC(=O)[C@H](CCCNC(N)=O)NC(=O)[C@@H](NC(C)=O)C(C)C)cc2)c2[nH]c(=O)n(Cc3ccc(CN4CCC(C5CCN(C(=O)[C@@H](N)CCCCNC(=O)CON)CC5)CC4)cc3)c2n1. The number of piperidine rings is 2. The van der Waals surface area contributed by atoms with Gasteiger partial charge < -0.3 is 57.4 Å². The molecule has 2 fully saturated rings. The van der Waals surface area contributed by atoms with Gasteiger partial charge in [-0.15, -0.1) is 0 Å². The Morgan fingerprint density at radius 2 is 1.41 bits per heavy atom. The van der Waals surface area contributed by atoms with Gasteiger partial charge in [-0.2, -0.15) is 9.97 Å². The van der Waals surface area contributed by atoms with E-state index in [0.717, 1.165) is 95.2 Å². The van der Waals surface area contributed by atoms with Crippen molar-refractivity contribution in [3.05, 3.63) is 75.7 Å². The number of imidazole rings is 1. The lowest BCUT2D eigenvalue weighted by molar-refractivity contribution is -0.134. The molecule has 26 heteroatoms. The van der Waals surface area contributed by atoms with Gasteiger partial charge in [-0.05, 0) is 124 Å². The molecule has 0 spiro atoms. The Morgan fingerprint density at radius 1 is 0.768 bits per heavy atom. The summed E-state index contributed by atoms with van der Waals surface area (Å²) in [5.41, 5.74) is 14.4. The fourth-order valence-electron chi connectivity index (χ4n) is 10.2. The highest BCUT2D eigenvalue weighted by atomic mass is 16.6. The molecule has 4 aromatic rings. The Hall–Kier alpha value is -7.68. The van der Waals surface area contributed by atoms with Gasteiger partial charge in [0.2, 0.25) is 29.5 Å². The van der Waals surface area contributed by atoms with Gasteiger partial charge in [0.25, 0.3) is 0 Å². The summed E-state index contributed by atoms with van der Waals surface area (Å²) in [5.74, 6) is 4.10. The quantitative estimate of drug-likeness (QED) is 0.0265. The van der Waals surface area contributed by atoms with E-state index in [1.54, 1.807) is 38.1 Å². The number of carbonyl (C=O) groups is 7. The number of likely N-dealkylation sites (tertiary alicyclic amines) is 2. The van der Waals surface area contributed by atoms with Gasteiger partial charge in [-0.1, -0.05) is 63.6 Å². The molecule has 0 bridgehead atoms. The number of urea groups is 1. The number of carbonyl (C=O) groups excluding carboxylic acids is 7. The van der Waals surface area contributed by atoms with Crippen LogP contribution in [0, 0.1) is 17.8 Å². The minimum atomic E-state index is -1.02. The molecule has 2 aromatic heterocycles. The number of nitrogens with one attached hydrogen (secondary N) is 7. The topological polar surface area (TPSA) is 367 Å². The zero-order valence-electron chi connectivity index (χ0n) is 47.6. The van der Waals surface area contributed by atoms with Crippen molar-refractivity contribution >= 4 is 64.3 Å². The zero-order chi connectivity index (χ0) is 59.1. The number of aromatic amines is 1. The maximum absolute atomic E-state index is 13.6. The van der Waals surface area contributed by atoms with Crippen LogP contribution in [0.3, 0.4) is 0 Å². The number of rotatable bonds is 30. The summed E-state index contributed by atoms with van der Waals surface area (Å²) >= 11 is 0. The summed E-state index contributed by atoms with van der Waals surface area (Å²) in [4.78, 5) is 122. The molecule has 0 unspecified atom stereocenters. The van der Waals surface area contributed by atoms with E-state index in [1.165, 1.54) is 11.5 Å². The van der Waals surface area contributed by atoms with Crippen molar-refractivity contribution in [3.63, 3.8) is 0 Å². The molecule has 26 nitrogen and oxygen atoms in total. The van der Waals surface area contributed by atoms with E-state index in [-0.39, 0.29) is 73.4 Å². The van der Waals surface area contributed by atoms with Crippen LogP contribution in [0.2, 0.25) is 0 Å². The zero-order valence-corrected chi connectivity index (χ0v) is 47.6. The molecule has 8 amide bonds. The molecule has 0 aliphatic carbocycles. The third-order valence-electron chi connectivity index (χ3n) is 14.8. The van der Waals surface area contributed by atoms with Gasteiger partial charge in [0.1, 0.15) is 30.8 Å². The van der Waals surface area contributed by atoms with Crippen LogP contribution in [-0.2, 0) is 53.2 Å². The van der Waals surface area contributed by atoms with E-state index in [0.29, 0.717) is 49.1 Å². The van der Waals surface area contributed by atoms with Gasteiger partial charge in [-0.25, -0.2) is 20.3 Å². The number of nitrogens with two attached hydrogens (primary N) is 3. The number of ether oxygens (including phenoxy) is 2. The molecule has 6 rings (SSSR count). The lowest BCUT2D eigenvalue weighted by Gasteiger charge is -2.40. The van der Waals surface area contributed by atoms with Crippen LogP contribution in [0.5, 0.6) is 6.01 Å². The summed E-state index contributed by atoms with van der Waals surface area (Å²) in [5, 5.41) is 15.9. The number of primary amides is 1. The second-order valence-corrected chi connectivity index (χ2v) is 21.4. The van der Waals surface area contributed by atoms with Gasteiger partial charge >= 0.3 is 23.8 Å². The number of aromatic nitrogens is 4. The number of nitrogens with zero attached hydrogens (tertiary/aromatic N) is 5. The predicted octanol–water partition coefficient (Wildman–Crippen LogP) is 3.08. The number of benzene rings is 2. The van der Waals surface area contributed by atoms with Crippen LogP contribution in [-0.4, -0.2) is 142 Å². The molecule has 2 aliphatic heterocycles. The highest BCUT2D eigenvalue weighted by Crippen LogP contribution is 2.33. The van der Waals surface area contributed by atoms with E-state index in [4.69, 9.17) is 26.8 Å². The normalized spacial score (nSPS) is 15.3. The first-order valence-corrected chi connectivity index (χ1v) is 28.4. The molecule has 4 heterocycles. The smallest absolute Gasteiger partial charge is 0.413 e. The molecule has 2 aliphatic rings. The summed E-state index contributed by atoms with van der Waals surface area (Å²) in [6, 6.07) is 11.4. The highest BCUT2D eigenvalue weighted by molar-refractivity contribution is 5.98. The van der Waals surface area contributed by atoms with Crippen LogP contribution in [0.15, 0.2) is 53.3 Å². The first-order chi connectivity index (χ1) is 39.4. The van der Waals surface area contributed by atoms with Crippen LogP contribution >= 0.6 is 0 Å². The largest absolute Gasteiger partial charge is 0.463 e. The standard InChI is InChI=1S/C56H83N15O11/c1-5-6-30-80-54-66-48(67-56(79)81-33-39-16-18-42(19-17-39)63-50(74)44(11-9-25-61-53(58)77)64-51(75)46(35(2)3)62-36(4)72)47-49(68-54)71(55(78)65-47)32-38-14-12-37(13-15-38)31-69-26-20-40(21-27-69)41-22-28-70(29-23-41)52(76)43(57)10-7-8-24-60-45(73)34-82-59/h12-19,35,40-41,43-44,46H,5-11,20-34,57,59H2,1-4H3,(H,60,73)(H,62,72)(H,63,74)(H,64,75)(H,65,78)(H3,58,61,77)(H,66,67,68,79)/t43-,44-,46-/m0/s1. The lowest BCUT2D eigenvalue weighted by Crippen LogP contribution is -2.54. The maximum Gasteiger partial charge on any atom is 0.413 e. The van der Waals surface area contributed by atoms with Gasteiger partial charge in [0, 0.05) is 45.3 Å². The summed E-state index contributed by atoms with van der Waals surface area (Å²) in [6.45, 7) is 11.9. The Kier molecular flexibility index (Phi) is 24.8.